The number of hydrogen-bond acceptors (Lipinski definition) is 5. The van der Waals surface area contributed by atoms with Crippen molar-refractivity contribution in [2.75, 3.05) is 31.2 Å². The Balaban J connectivity index is 1.89. The Morgan fingerprint density at radius 1 is 1.04 bits per heavy atom. The SMILES string of the molecule is O=c1ccc(-c2nc(N3CCOCC3)c3ccccc3n2)c[nH]1. The molecule has 0 aliphatic carbocycles. The molecule has 0 saturated carbocycles. The van der Waals surface area contributed by atoms with E-state index in [0.717, 1.165) is 35.4 Å². The largest absolute Gasteiger partial charge is 0.378 e. The molecule has 6 heteroatoms. The van der Waals surface area contributed by atoms with Gasteiger partial charge in [-0.05, 0) is 18.2 Å². The summed E-state index contributed by atoms with van der Waals surface area (Å²) in [5, 5.41) is 1.03. The number of ether oxygens (including phenoxy) is 1. The number of morpholine rings is 1. The Kier molecular flexibility index (Phi) is 3.51. The Hall–Kier alpha value is -2.73. The molecule has 23 heavy (non-hydrogen) atoms. The zero-order chi connectivity index (χ0) is 15.6. The van der Waals surface area contributed by atoms with Crippen LogP contribution in [0.2, 0.25) is 0 Å². The summed E-state index contributed by atoms with van der Waals surface area (Å²) in [7, 11) is 0. The summed E-state index contributed by atoms with van der Waals surface area (Å²) in [5.74, 6) is 1.53. The normalized spacial score (nSPS) is 15.0. The molecule has 0 spiro atoms. The molecule has 0 unspecified atom stereocenters. The summed E-state index contributed by atoms with van der Waals surface area (Å²) in [4.78, 5) is 25.6. The Morgan fingerprint density at radius 2 is 1.87 bits per heavy atom. The fraction of sp³-hybridized carbons (Fsp3) is 0.235. The summed E-state index contributed by atoms with van der Waals surface area (Å²) < 4.78 is 5.44. The zero-order valence-electron chi connectivity index (χ0n) is 12.5. The van der Waals surface area contributed by atoms with Crippen LogP contribution in [-0.4, -0.2) is 41.3 Å². The van der Waals surface area contributed by atoms with E-state index in [0.29, 0.717) is 19.0 Å². The number of rotatable bonds is 2. The quantitative estimate of drug-likeness (QED) is 0.782. The first-order chi connectivity index (χ1) is 11.3. The second-order valence-electron chi connectivity index (χ2n) is 5.43. The Bertz CT molecular complexity index is 880. The fourth-order valence-corrected chi connectivity index (χ4v) is 2.75. The molecule has 1 aliphatic heterocycles. The Labute approximate surface area is 132 Å². The van der Waals surface area contributed by atoms with Gasteiger partial charge in [0.2, 0.25) is 5.56 Å². The van der Waals surface area contributed by atoms with Gasteiger partial charge in [0.15, 0.2) is 5.82 Å². The molecule has 1 fully saturated rings. The summed E-state index contributed by atoms with van der Waals surface area (Å²) in [5.41, 5.74) is 1.55. The van der Waals surface area contributed by atoms with Gasteiger partial charge in [-0.2, -0.15) is 0 Å². The number of nitrogens with one attached hydrogen (secondary N) is 1. The molecule has 1 N–H and O–H groups in total. The number of anilines is 1. The van der Waals surface area contributed by atoms with Crippen LogP contribution < -0.4 is 10.5 Å². The van der Waals surface area contributed by atoms with E-state index in [1.165, 1.54) is 6.07 Å². The van der Waals surface area contributed by atoms with E-state index < -0.39 is 0 Å². The lowest BCUT2D eigenvalue weighted by Crippen LogP contribution is -2.37. The van der Waals surface area contributed by atoms with Gasteiger partial charge in [-0.25, -0.2) is 9.97 Å². The lowest BCUT2D eigenvalue weighted by Gasteiger charge is -2.29. The molecule has 4 rings (SSSR count). The number of nitrogens with zero attached hydrogens (tertiary/aromatic N) is 3. The van der Waals surface area contributed by atoms with Crippen LogP contribution in [0, 0.1) is 0 Å². The van der Waals surface area contributed by atoms with Crippen molar-refractivity contribution in [2.24, 2.45) is 0 Å². The number of hydrogen-bond donors (Lipinski definition) is 1. The molecule has 0 bridgehead atoms. The van der Waals surface area contributed by atoms with Gasteiger partial charge in [0.25, 0.3) is 0 Å². The number of aromatic nitrogens is 3. The molecule has 1 aliphatic rings. The van der Waals surface area contributed by atoms with E-state index >= 15 is 0 Å². The summed E-state index contributed by atoms with van der Waals surface area (Å²) >= 11 is 0. The molecule has 1 saturated heterocycles. The molecule has 0 amide bonds. The minimum atomic E-state index is -0.136. The third-order valence-corrected chi connectivity index (χ3v) is 3.94. The fourth-order valence-electron chi connectivity index (χ4n) is 2.75. The number of fused-ring (bicyclic) bond motifs is 1. The standard InChI is InChI=1S/C17H16N4O2/c22-15-6-5-12(11-18-15)16-19-14-4-2-1-3-13(14)17(20-16)21-7-9-23-10-8-21/h1-6,11H,7-10H2,(H,18,22). The molecule has 116 valence electrons. The summed E-state index contributed by atoms with van der Waals surface area (Å²) in [6.45, 7) is 3.02. The van der Waals surface area contributed by atoms with Gasteiger partial charge in [-0.1, -0.05) is 12.1 Å². The number of para-hydroxylation sites is 1. The van der Waals surface area contributed by atoms with E-state index in [1.54, 1.807) is 12.3 Å². The van der Waals surface area contributed by atoms with Gasteiger partial charge < -0.3 is 14.6 Å². The van der Waals surface area contributed by atoms with Gasteiger partial charge in [0, 0.05) is 36.3 Å². The van der Waals surface area contributed by atoms with Crippen LogP contribution in [0.5, 0.6) is 0 Å². The van der Waals surface area contributed by atoms with Crippen molar-refractivity contribution in [3.63, 3.8) is 0 Å². The molecule has 0 radical (unpaired) electrons. The van der Waals surface area contributed by atoms with Crippen molar-refractivity contribution in [2.45, 2.75) is 0 Å². The topological polar surface area (TPSA) is 71.1 Å². The van der Waals surface area contributed by atoms with Gasteiger partial charge in [-0.15, -0.1) is 0 Å². The predicted molar refractivity (Wildman–Crippen MR) is 88.6 cm³/mol. The van der Waals surface area contributed by atoms with Crippen LogP contribution in [0.15, 0.2) is 47.4 Å². The van der Waals surface area contributed by atoms with Crippen LogP contribution in [-0.2, 0) is 4.74 Å². The molecule has 2 aromatic heterocycles. The van der Waals surface area contributed by atoms with Crippen molar-refractivity contribution in [3.8, 4) is 11.4 Å². The first kappa shape index (κ1) is 13.9. The minimum absolute atomic E-state index is 0.136. The van der Waals surface area contributed by atoms with Crippen molar-refractivity contribution in [1.29, 1.82) is 0 Å². The number of aromatic amines is 1. The number of H-pyrrole nitrogens is 1. The zero-order valence-corrected chi connectivity index (χ0v) is 12.5. The van der Waals surface area contributed by atoms with Crippen molar-refractivity contribution < 1.29 is 4.74 Å². The lowest BCUT2D eigenvalue weighted by atomic mass is 10.2. The van der Waals surface area contributed by atoms with E-state index in [2.05, 4.69) is 14.9 Å². The van der Waals surface area contributed by atoms with E-state index in [4.69, 9.17) is 9.72 Å². The summed E-state index contributed by atoms with van der Waals surface area (Å²) in [6.07, 6.45) is 1.65. The molecule has 1 aromatic carbocycles. The second kappa shape index (κ2) is 5.81. The van der Waals surface area contributed by atoms with Crippen LogP contribution >= 0.6 is 0 Å². The van der Waals surface area contributed by atoms with Crippen LogP contribution in [0.1, 0.15) is 0 Å². The summed E-state index contributed by atoms with van der Waals surface area (Å²) in [6, 6.07) is 11.2. The van der Waals surface area contributed by atoms with Gasteiger partial charge in [0.05, 0.1) is 18.7 Å². The van der Waals surface area contributed by atoms with Gasteiger partial charge >= 0.3 is 0 Å². The van der Waals surface area contributed by atoms with E-state index in [1.807, 2.05) is 24.3 Å². The average molecular weight is 308 g/mol. The molecular weight excluding hydrogens is 292 g/mol. The van der Waals surface area contributed by atoms with Crippen LogP contribution in [0.25, 0.3) is 22.3 Å². The molecule has 3 aromatic rings. The third-order valence-electron chi connectivity index (χ3n) is 3.94. The highest BCUT2D eigenvalue weighted by atomic mass is 16.5. The maximum absolute atomic E-state index is 11.3. The molecule has 6 nitrogen and oxygen atoms in total. The highest BCUT2D eigenvalue weighted by molar-refractivity contribution is 5.91. The van der Waals surface area contributed by atoms with E-state index in [-0.39, 0.29) is 5.56 Å². The third kappa shape index (κ3) is 2.68. The van der Waals surface area contributed by atoms with Crippen LogP contribution in [0.3, 0.4) is 0 Å². The predicted octanol–water partition coefficient (Wildman–Crippen LogP) is 1.82. The molecule has 3 heterocycles. The monoisotopic (exact) mass is 308 g/mol. The highest BCUT2D eigenvalue weighted by Crippen LogP contribution is 2.27. The van der Waals surface area contributed by atoms with Crippen LogP contribution in [0.4, 0.5) is 5.82 Å². The minimum Gasteiger partial charge on any atom is -0.378 e. The second-order valence-corrected chi connectivity index (χ2v) is 5.43. The van der Waals surface area contributed by atoms with Crippen molar-refractivity contribution in [1.82, 2.24) is 15.0 Å². The first-order valence-electron chi connectivity index (χ1n) is 7.60. The number of pyridine rings is 1. The van der Waals surface area contributed by atoms with Crippen molar-refractivity contribution >= 4 is 16.7 Å². The maximum atomic E-state index is 11.3. The van der Waals surface area contributed by atoms with E-state index in [9.17, 15) is 4.79 Å². The number of benzene rings is 1. The first-order valence-corrected chi connectivity index (χ1v) is 7.60. The Morgan fingerprint density at radius 3 is 2.65 bits per heavy atom. The highest BCUT2D eigenvalue weighted by Gasteiger charge is 2.17. The maximum Gasteiger partial charge on any atom is 0.247 e. The average Bonchev–Trinajstić information content (AvgIpc) is 2.62. The lowest BCUT2D eigenvalue weighted by molar-refractivity contribution is 0.122. The molecule has 0 atom stereocenters. The van der Waals surface area contributed by atoms with Crippen molar-refractivity contribution in [3.05, 3.63) is 52.9 Å². The van der Waals surface area contributed by atoms with Gasteiger partial charge in [-0.3, -0.25) is 4.79 Å². The smallest absolute Gasteiger partial charge is 0.247 e. The molecular formula is C17H16N4O2. The van der Waals surface area contributed by atoms with Gasteiger partial charge in [0.1, 0.15) is 5.82 Å².